The molecule has 3 aliphatic heterocycles. The Balaban J connectivity index is 0.00000240. The molecule has 3 aromatic rings. The monoisotopic (exact) mass is 683 g/mol. The number of aliphatic hydroxyl groups is 1. The van der Waals surface area contributed by atoms with E-state index < -0.39 is 0 Å². The van der Waals surface area contributed by atoms with Crippen molar-refractivity contribution < 1.29 is 14.6 Å². The molecule has 3 aliphatic rings. The average Bonchev–Trinajstić information content (AvgIpc) is 3.46. The van der Waals surface area contributed by atoms with Gasteiger partial charge in [-0.05, 0) is 50.4 Å². The van der Waals surface area contributed by atoms with Crippen LogP contribution in [0.3, 0.4) is 0 Å². The number of amides is 1. The summed E-state index contributed by atoms with van der Waals surface area (Å²) in [7, 11) is 2.13. The van der Waals surface area contributed by atoms with Crippen LogP contribution in [-0.4, -0.2) is 102 Å². The van der Waals surface area contributed by atoms with Gasteiger partial charge in [0.05, 0.1) is 23.9 Å². The molecule has 1 N–H and O–H groups in total. The first-order valence-corrected chi connectivity index (χ1v) is 15.7. The zero-order chi connectivity index (χ0) is 30.6. The number of nitrogens with zero attached hydrogens (tertiary/aromatic N) is 7. The number of halogens is 1. The van der Waals surface area contributed by atoms with E-state index in [-0.39, 0.29) is 52.1 Å². The van der Waals surface area contributed by atoms with Crippen LogP contribution >= 0.6 is 38.6 Å². The predicted molar refractivity (Wildman–Crippen MR) is 193 cm³/mol. The lowest BCUT2D eigenvalue weighted by molar-refractivity contribution is -0.128. The number of carbonyl (C=O) groups excluding carboxylic acids is 1. The van der Waals surface area contributed by atoms with Gasteiger partial charge in [-0.2, -0.15) is 37.0 Å². The molecule has 2 saturated heterocycles. The van der Waals surface area contributed by atoms with Crippen molar-refractivity contribution in [3.8, 4) is 6.01 Å². The summed E-state index contributed by atoms with van der Waals surface area (Å²) in [4.78, 5) is 35.0. The van der Waals surface area contributed by atoms with E-state index in [1.165, 1.54) is 12.2 Å². The lowest BCUT2D eigenvalue weighted by Crippen LogP contribution is -2.56. The number of fused-ring (bicyclic) bond motifs is 2. The number of hydrogen-bond donors (Lipinski definition) is 1. The van der Waals surface area contributed by atoms with Crippen LogP contribution in [0.4, 0.5) is 11.5 Å². The van der Waals surface area contributed by atoms with Crippen molar-refractivity contribution in [2.24, 2.45) is 0 Å². The summed E-state index contributed by atoms with van der Waals surface area (Å²) in [6.07, 6.45) is 5.80. The Morgan fingerprint density at radius 3 is 2.65 bits per heavy atom. The number of ether oxygens (including phenoxy) is 1. The van der Waals surface area contributed by atoms with Crippen molar-refractivity contribution in [2.75, 3.05) is 69.3 Å². The molecule has 2 atom stereocenters. The maximum atomic E-state index is 12.8. The molecule has 10 nitrogen and oxygen atoms in total. The van der Waals surface area contributed by atoms with E-state index in [1.54, 1.807) is 4.90 Å². The Hall–Kier alpha value is -3.21. The van der Waals surface area contributed by atoms with Gasteiger partial charge in [0.25, 0.3) is 0 Å². The molecule has 0 unspecified atom stereocenters. The fourth-order valence-electron chi connectivity index (χ4n) is 6.67. The number of anilines is 2. The molecule has 46 heavy (non-hydrogen) atoms. The van der Waals surface area contributed by atoms with Gasteiger partial charge in [0, 0.05) is 54.9 Å². The van der Waals surface area contributed by atoms with Gasteiger partial charge in [0.15, 0.2) is 0 Å². The molecule has 13 heteroatoms. The Kier molecular flexibility index (Phi) is 12.4. The van der Waals surface area contributed by atoms with Crippen LogP contribution in [0.2, 0.25) is 5.02 Å². The maximum Gasteiger partial charge on any atom is 0.318 e. The van der Waals surface area contributed by atoms with Crippen LogP contribution in [0.15, 0.2) is 48.6 Å². The normalized spacial score (nSPS) is 19.8. The van der Waals surface area contributed by atoms with E-state index >= 15 is 0 Å². The van der Waals surface area contributed by atoms with Gasteiger partial charge in [0.2, 0.25) is 12.5 Å². The van der Waals surface area contributed by atoms with Crippen molar-refractivity contribution in [1.82, 2.24) is 19.8 Å². The van der Waals surface area contributed by atoms with E-state index in [0.717, 1.165) is 70.9 Å². The fraction of sp³-hybridized carbons (Fsp3) is 0.455. The van der Waals surface area contributed by atoms with Crippen LogP contribution in [0.25, 0.3) is 15.6 Å². The minimum absolute atomic E-state index is 0. The summed E-state index contributed by atoms with van der Waals surface area (Å²) in [6, 6.07) is 12.7. The highest BCUT2D eigenvalue weighted by Gasteiger charge is 2.35. The van der Waals surface area contributed by atoms with Crippen molar-refractivity contribution >= 4 is 66.8 Å². The maximum absolute atomic E-state index is 12.8. The van der Waals surface area contributed by atoms with E-state index in [2.05, 4.69) is 50.9 Å². The first-order chi connectivity index (χ1) is 21.5. The number of benzene rings is 2. The van der Waals surface area contributed by atoms with Gasteiger partial charge in [0.1, 0.15) is 18.5 Å². The van der Waals surface area contributed by atoms with Gasteiger partial charge in [-0.3, -0.25) is 4.79 Å². The van der Waals surface area contributed by atoms with Gasteiger partial charge < -0.3 is 34.3 Å². The Bertz CT molecular complexity index is 1600. The van der Waals surface area contributed by atoms with Gasteiger partial charge in [-0.25, -0.2) is 6.57 Å². The molecular weight excluding hydrogens is 642 g/mol. The second-order valence-corrected chi connectivity index (χ2v) is 12.1. The number of hydrogen-bond acceptors (Lipinski definition) is 8. The van der Waals surface area contributed by atoms with E-state index in [4.69, 9.17) is 38.0 Å². The molecule has 2 fully saturated rings. The number of carbonyl (C=O) groups is 1. The highest BCUT2D eigenvalue weighted by molar-refractivity contribution is 7.59. The molecule has 2 aromatic carbocycles. The molecule has 0 saturated carbocycles. The predicted octanol–water partition coefficient (Wildman–Crippen LogP) is 4.03. The lowest BCUT2D eigenvalue weighted by Gasteiger charge is -2.41. The summed E-state index contributed by atoms with van der Waals surface area (Å²) < 4.78 is 6.29. The second kappa shape index (κ2) is 16.1. The number of aromatic nitrogens is 2. The molecule has 0 spiro atoms. The molecule has 0 radical (unpaired) electrons. The largest absolute Gasteiger partial charge is 0.462 e. The number of rotatable bonds is 8. The van der Waals surface area contributed by atoms with Crippen molar-refractivity contribution in [1.29, 1.82) is 0 Å². The summed E-state index contributed by atoms with van der Waals surface area (Å²) in [5.41, 5.74) is 3.08. The van der Waals surface area contributed by atoms with Gasteiger partial charge >= 0.3 is 6.01 Å². The topological polar surface area (TPSA) is 89.6 Å². The highest BCUT2D eigenvalue weighted by Crippen LogP contribution is 2.37. The van der Waals surface area contributed by atoms with E-state index in [9.17, 15) is 4.79 Å². The third-order valence-electron chi connectivity index (χ3n) is 9.00. The third kappa shape index (κ3) is 7.50. The van der Waals surface area contributed by atoms with Crippen LogP contribution in [0, 0.1) is 6.57 Å². The number of piperazine rings is 1. The molecule has 4 heterocycles. The zero-order valence-electron chi connectivity index (χ0n) is 26.0. The van der Waals surface area contributed by atoms with Crippen molar-refractivity contribution in [2.45, 2.75) is 37.9 Å². The van der Waals surface area contributed by atoms with E-state index in [1.807, 2.05) is 12.1 Å². The van der Waals surface area contributed by atoms with Crippen LogP contribution in [-0.2, 0) is 17.8 Å². The SMILES string of the molecule is S.S.[C-]#[N+]C[C@H]1CN(c2nc(OC[C@@H]3CCCN3C)nc3c2CCN(c2cccc4cccc(Cl)c24)C3)CCN1C(=O)/C=C/CO. The zero-order valence-corrected chi connectivity index (χ0v) is 28.8. The van der Waals surface area contributed by atoms with Gasteiger partial charge in [-0.15, -0.1) is 0 Å². The summed E-state index contributed by atoms with van der Waals surface area (Å²) in [5.74, 6) is 0.638. The molecule has 246 valence electrons. The highest BCUT2D eigenvalue weighted by atomic mass is 35.5. The van der Waals surface area contributed by atoms with Gasteiger partial charge in [-0.1, -0.05) is 41.9 Å². The summed E-state index contributed by atoms with van der Waals surface area (Å²) >= 11 is 6.70. The standard InChI is InChI=1S/C33H38ClN7O3.2H2S/c1-35-19-25-20-40(16-17-41(25)30(43)12-6-18-42)32-26-13-15-39(29-11-4-8-23-7-3-10-27(34)31(23)29)21-28(26)36-33(37-32)44-22-24-9-5-14-38(24)2;;/h3-4,6-8,10-12,24-25,42H,5,9,13-22H2,2H3;2*1H2/b12-6+;;/t24-,25-;;/m0../s1. The first kappa shape index (κ1) is 35.6. The van der Waals surface area contributed by atoms with Crippen molar-refractivity contribution in [3.63, 3.8) is 0 Å². The third-order valence-corrected chi connectivity index (χ3v) is 9.32. The first-order valence-electron chi connectivity index (χ1n) is 15.3. The van der Waals surface area contributed by atoms with Crippen molar-refractivity contribution in [3.05, 3.63) is 76.2 Å². The fourth-order valence-corrected chi connectivity index (χ4v) is 6.95. The van der Waals surface area contributed by atoms with Crippen LogP contribution < -0.4 is 14.5 Å². The Morgan fingerprint density at radius 1 is 1.11 bits per heavy atom. The molecule has 0 bridgehead atoms. The number of likely N-dealkylation sites (N-methyl/N-ethyl adjacent to an activating group) is 1. The minimum Gasteiger partial charge on any atom is -0.462 e. The smallest absolute Gasteiger partial charge is 0.318 e. The van der Waals surface area contributed by atoms with Crippen LogP contribution in [0.1, 0.15) is 24.1 Å². The second-order valence-electron chi connectivity index (χ2n) is 11.7. The number of likely N-dealkylation sites (tertiary alicyclic amines) is 1. The lowest BCUT2D eigenvalue weighted by atomic mass is 10.0. The Labute approximate surface area is 289 Å². The van der Waals surface area contributed by atoms with Crippen LogP contribution in [0.5, 0.6) is 6.01 Å². The van der Waals surface area contributed by atoms with E-state index in [0.29, 0.717) is 44.8 Å². The number of aliphatic hydroxyl groups excluding tert-OH is 1. The summed E-state index contributed by atoms with van der Waals surface area (Å²) in [5, 5.41) is 12.0. The summed E-state index contributed by atoms with van der Waals surface area (Å²) in [6.45, 7) is 12.0. The molecule has 1 amide bonds. The molecule has 6 rings (SSSR count). The molecule has 0 aliphatic carbocycles. The molecule has 1 aromatic heterocycles. The Morgan fingerprint density at radius 2 is 1.91 bits per heavy atom. The quantitative estimate of drug-likeness (QED) is 0.282. The minimum atomic E-state index is -0.294. The average molecular weight is 684 g/mol. The molecular formula is C33H42ClN7O3S2.